The highest BCUT2D eigenvalue weighted by Gasteiger charge is 2.50. The molecule has 9 nitrogen and oxygen atoms in total. The molecule has 190 valence electrons. The number of methoxy groups -OCH3 is 1. The smallest absolute Gasteiger partial charge is 0.493 e. The first-order chi connectivity index (χ1) is 14.8. The Morgan fingerprint density at radius 2 is 1.55 bits per heavy atom. The third kappa shape index (κ3) is 7.36. The zero-order valence-corrected chi connectivity index (χ0v) is 18.8. The van der Waals surface area contributed by atoms with Gasteiger partial charge in [-0.3, -0.25) is 5.41 Å². The number of hydrogen-bond donors (Lipinski definition) is 1. The maximum Gasteiger partial charge on any atom is 0.534 e. The van der Waals surface area contributed by atoms with Gasteiger partial charge in [-0.2, -0.15) is 43.2 Å². The topological polar surface area (TPSA) is 129 Å². The first kappa shape index (κ1) is 28.8. The van der Waals surface area contributed by atoms with E-state index in [0.29, 0.717) is 18.6 Å². The van der Waals surface area contributed by atoms with Crippen molar-refractivity contribution >= 4 is 26.1 Å². The normalized spacial score (nSPS) is 14.9. The summed E-state index contributed by atoms with van der Waals surface area (Å²) in [5.41, 5.74) is -13.7. The summed E-state index contributed by atoms with van der Waals surface area (Å²) in [4.78, 5) is 0. The van der Waals surface area contributed by atoms with Crippen LogP contribution in [0.4, 0.5) is 26.3 Å². The predicted octanol–water partition coefficient (Wildman–Crippen LogP) is 3.69. The molecule has 0 bridgehead atoms. The third-order valence-corrected chi connectivity index (χ3v) is 6.22. The van der Waals surface area contributed by atoms with Crippen LogP contribution in [0.5, 0.6) is 11.5 Å². The van der Waals surface area contributed by atoms with Gasteiger partial charge in [0.2, 0.25) is 5.90 Å². The highest BCUT2D eigenvalue weighted by Crippen LogP contribution is 2.33. The second-order valence-electron chi connectivity index (χ2n) is 6.56. The lowest BCUT2D eigenvalue weighted by Gasteiger charge is -2.26. The molecular weight excluding hydrogens is 512 g/mol. The van der Waals surface area contributed by atoms with Gasteiger partial charge < -0.3 is 17.8 Å². The van der Waals surface area contributed by atoms with E-state index in [-0.39, 0.29) is 18.8 Å². The summed E-state index contributed by atoms with van der Waals surface area (Å²) in [6.45, 7) is 3.47. The minimum absolute atomic E-state index is 0.0839. The molecule has 0 spiro atoms. The molecule has 33 heavy (non-hydrogen) atoms. The lowest BCUT2D eigenvalue weighted by atomic mass is 10.00. The Labute approximate surface area is 185 Å². The Morgan fingerprint density at radius 1 is 1.00 bits per heavy atom. The SMILES string of the molecule is CCC(C)(CCOc1ccc(C(=N)OS(=O)(=O)C(F)(F)F)c(OS(=O)(=O)C(F)(F)F)c1)OC. The molecule has 0 saturated carbocycles. The van der Waals surface area contributed by atoms with Crippen LogP contribution in [0.2, 0.25) is 0 Å². The van der Waals surface area contributed by atoms with Gasteiger partial charge >= 0.3 is 31.3 Å². The summed E-state index contributed by atoms with van der Waals surface area (Å²) in [5.74, 6) is -3.49. The number of rotatable bonds is 10. The fraction of sp³-hybridized carbons (Fsp3) is 0.562. The van der Waals surface area contributed by atoms with Gasteiger partial charge in [-0.25, -0.2) is 0 Å². The van der Waals surface area contributed by atoms with Gasteiger partial charge in [0.15, 0.2) is 5.75 Å². The van der Waals surface area contributed by atoms with Crippen molar-refractivity contribution in [1.82, 2.24) is 0 Å². The van der Waals surface area contributed by atoms with Crippen LogP contribution in [0.1, 0.15) is 32.3 Å². The fourth-order valence-corrected chi connectivity index (χ4v) is 2.90. The molecule has 1 aromatic rings. The molecule has 0 aliphatic heterocycles. The highest BCUT2D eigenvalue weighted by molar-refractivity contribution is 7.88. The number of ether oxygens (including phenoxy) is 2. The molecule has 0 aliphatic carbocycles. The second-order valence-corrected chi connectivity index (χ2v) is 9.64. The van der Waals surface area contributed by atoms with Gasteiger partial charge in [0.05, 0.1) is 17.8 Å². The van der Waals surface area contributed by atoms with E-state index in [2.05, 4.69) is 8.37 Å². The number of hydrogen-bond acceptors (Lipinski definition) is 9. The lowest BCUT2D eigenvalue weighted by molar-refractivity contribution is -0.0506. The molecule has 1 aromatic carbocycles. The van der Waals surface area contributed by atoms with Gasteiger partial charge in [0.1, 0.15) is 5.75 Å². The molecule has 1 unspecified atom stereocenters. The first-order valence-corrected chi connectivity index (χ1v) is 11.5. The summed E-state index contributed by atoms with van der Waals surface area (Å²) in [5, 5.41) is 7.40. The van der Waals surface area contributed by atoms with Crippen molar-refractivity contribution in [3.05, 3.63) is 23.8 Å². The van der Waals surface area contributed by atoms with Gasteiger partial charge in [-0.1, -0.05) is 6.92 Å². The van der Waals surface area contributed by atoms with E-state index in [4.69, 9.17) is 14.9 Å². The summed E-state index contributed by atoms with van der Waals surface area (Å²) < 4.78 is 138. The molecule has 0 aliphatic rings. The van der Waals surface area contributed by atoms with E-state index in [1.807, 2.05) is 6.92 Å². The van der Waals surface area contributed by atoms with Crippen LogP contribution in [-0.4, -0.2) is 53.1 Å². The zero-order valence-electron chi connectivity index (χ0n) is 17.2. The molecule has 0 heterocycles. The minimum atomic E-state index is -6.38. The second kappa shape index (κ2) is 9.92. The summed E-state index contributed by atoms with van der Waals surface area (Å²) in [6.07, 6.45) is 0.841. The van der Waals surface area contributed by atoms with Crippen molar-refractivity contribution in [3.63, 3.8) is 0 Å². The molecule has 0 aromatic heterocycles. The third-order valence-electron chi connectivity index (χ3n) is 4.30. The maximum atomic E-state index is 12.7. The van der Waals surface area contributed by atoms with Crippen LogP contribution < -0.4 is 8.92 Å². The van der Waals surface area contributed by atoms with Crippen LogP contribution in [0, 0.1) is 5.41 Å². The Bertz CT molecular complexity index is 1060. The molecule has 0 amide bonds. The van der Waals surface area contributed by atoms with Gasteiger partial charge in [-0.15, -0.1) is 0 Å². The fourth-order valence-electron chi connectivity index (χ4n) is 2.02. The Kier molecular flexibility index (Phi) is 8.65. The van der Waals surface area contributed by atoms with Crippen molar-refractivity contribution < 1.29 is 61.0 Å². The maximum absolute atomic E-state index is 12.7. The van der Waals surface area contributed by atoms with Crippen molar-refractivity contribution in [1.29, 1.82) is 5.41 Å². The van der Waals surface area contributed by atoms with Crippen molar-refractivity contribution in [2.75, 3.05) is 13.7 Å². The number of nitrogens with one attached hydrogen (secondary N) is 1. The largest absolute Gasteiger partial charge is 0.534 e. The first-order valence-electron chi connectivity index (χ1n) is 8.71. The van der Waals surface area contributed by atoms with E-state index >= 15 is 0 Å². The number of halogens is 6. The van der Waals surface area contributed by atoms with E-state index in [9.17, 15) is 43.2 Å². The van der Waals surface area contributed by atoms with Gasteiger partial charge in [0, 0.05) is 19.6 Å². The van der Waals surface area contributed by atoms with Crippen LogP contribution in [0.15, 0.2) is 18.2 Å². The van der Waals surface area contributed by atoms with Crippen molar-refractivity contribution in [3.8, 4) is 11.5 Å². The average Bonchev–Trinajstić information content (AvgIpc) is 2.65. The Balaban J connectivity index is 3.33. The molecule has 0 saturated heterocycles. The van der Waals surface area contributed by atoms with E-state index in [1.54, 1.807) is 6.92 Å². The molecule has 1 atom stereocenters. The van der Waals surface area contributed by atoms with Crippen molar-refractivity contribution in [2.45, 2.75) is 43.3 Å². The standard InChI is InChI=1S/C16H19F6NO8S2/c1-4-14(2,28-3)7-8-29-10-5-6-11(13(23)31-33(26,27)16(20,21)22)12(9-10)30-32(24,25)15(17,18)19/h5-6,9,23H,4,7-8H2,1-3H3. The van der Waals surface area contributed by atoms with Crippen LogP contribution in [0.3, 0.4) is 0 Å². The van der Waals surface area contributed by atoms with E-state index in [1.165, 1.54) is 7.11 Å². The summed E-state index contributed by atoms with van der Waals surface area (Å²) in [6, 6.07) is 2.05. The van der Waals surface area contributed by atoms with Gasteiger partial charge in [-0.05, 0) is 25.5 Å². The van der Waals surface area contributed by atoms with Crippen LogP contribution in [-0.2, 0) is 29.2 Å². The number of benzene rings is 1. The lowest BCUT2D eigenvalue weighted by Crippen LogP contribution is -2.30. The summed E-state index contributed by atoms with van der Waals surface area (Å²) in [7, 11) is -11.3. The average molecular weight is 531 g/mol. The Morgan fingerprint density at radius 3 is 2.00 bits per heavy atom. The molecule has 1 N–H and O–H groups in total. The predicted molar refractivity (Wildman–Crippen MR) is 101 cm³/mol. The molecular formula is C16H19F6NO8S2. The molecule has 0 fully saturated rings. The molecule has 0 radical (unpaired) electrons. The molecule has 17 heteroatoms. The number of alkyl halides is 6. The van der Waals surface area contributed by atoms with Crippen LogP contribution >= 0.6 is 0 Å². The van der Waals surface area contributed by atoms with Gasteiger partial charge in [0.25, 0.3) is 0 Å². The van der Waals surface area contributed by atoms with Crippen molar-refractivity contribution in [2.24, 2.45) is 0 Å². The monoisotopic (exact) mass is 531 g/mol. The molecule has 1 rings (SSSR count). The summed E-state index contributed by atoms with van der Waals surface area (Å²) >= 11 is 0. The van der Waals surface area contributed by atoms with Crippen LogP contribution in [0.25, 0.3) is 0 Å². The van der Waals surface area contributed by atoms with E-state index < -0.39 is 54.1 Å². The Hall–Kier alpha value is -2.27. The zero-order chi connectivity index (χ0) is 25.9. The van der Waals surface area contributed by atoms with E-state index in [0.717, 1.165) is 6.07 Å². The highest BCUT2D eigenvalue weighted by atomic mass is 32.2. The minimum Gasteiger partial charge on any atom is -0.493 e. The quantitative estimate of drug-likeness (QED) is 0.159.